The molecular weight excluding hydrogens is 218 g/mol. The summed E-state index contributed by atoms with van der Waals surface area (Å²) in [7, 11) is 0. The molecule has 0 radical (unpaired) electrons. The van der Waals surface area contributed by atoms with Crippen LogP contribution in [-0.4, -0.2) is 4.98 Å². The number of rotatable bonds is 1. The topological polar surface area (TPSA) is 12.9 Å². The Bertz CT molecular complexity index is 319. The molecule has 1 nitrogen and oxygen atoms in total. The molecule has 86 valence electrons. The number of nitrogens with zero attached hydrogens (tertiary/aromatic N) is 1. The van der Waals surface area contributed by atoms with Crippen LogP contribution in [0.15, 0.2) is 60.9 Å². The van der Waals surface area contributed by atoms with E-state index in [2.05, 4.69) is 24.9 Å². The first-order valence-electron chi connectivity index (χ1n) is 5.20. The van der Waals surface area contributed by atoms with Crippen molar-refractivity contribution in [1.29, 1.82) is 0 Å². The molecule has 1 heterocycles. The van der Waals surface area contributed by atoms with Gasteiger partial charge in [0.2, 0.25) is 0 Å². The Hall–Kier alpha value is -1.34. The standard InChI is InChI=1S/C8H11N.C6H6.ClH/c1-7(2)8-4-3-5-9-6-8;1-2-4-6-5-3-1;/h3-7H,1-2H3;1-6H;1H. The summed E-state index contributed by atoms with van der Waals surface area (Å²) < 4.78 is 0. The normalized spacial score (nSPS) is 8.69. The molecule has 0 bridgehead atoms. The number of benzene rings is 1. The summed E-state index contributed by atoms with van der Waals surface area (Å²) in [5.74, 6) is 0.596. The Balaban J connectivity index is 0.000000283. The first-order chi connectivity index (χ1) is 7.30. The molecule has 16 heavy (non-hydrogen) atoms. The number of hydrogen-bond acceptors (Lipinski definition) is 1. The quantitative estimate of drug-likeness (QED) is 0.718. The summed E-state index contributed by atoms with van der Waals surface area (Å²) in [6.07, 6.45) is 3.70. The Labute approximate surface area is 104 Å². The molecule has 0 atom stereocenters. The number of hydrogen-bond donors (Lipinski definition) is 0. The van der Waals surface area contributed by atoms with E-state index in [1.54, 1.807) is 6.20 Å². The van der Waals surface area contributed by atoms with Crippen molar-refractivity contribution in [3.63, 3.8) is 0 Å². The van der Waals surface area contributed by atoms with Gasteiger partial charge in [0, 0.05) is 12.4 Å². The molecule has 0 aliphatic heterocycles. The predicted octanol–water partition coefficient (Wildman–Crippen LogP) is 4.31. The van der Waals surface area contributed by atoms with Crippen molar-refractivity contribution < 1.29 is 0 Å². The van der Waals surface area contributed by atoms with Crippen LogP contribution in [0.5, 0.6) is 0 Å². The van der Waals surface area contributed by atoms with Gasteiger partial charge < -0.3 is 0 Å². The van der Waals surface area contributed by atoms with Crippen LogP contribution >= 0.6 is 12.4 Å². The molecule has 2 heteroatoms. The summed E-state index contributed by atoms with van der Waals surface area (Å²) in [5.41, 5.74) is 1.30. The highest BCUT2D eigenvalue weighted by Gasteiger charge is 1.94. The van der Waals surface area contributed by atoms with E-state index in [4.69, 9.17) is 0 Å². The molecule has 0 amide bonds. The van der Waals surface area contributed by atoms with E-state index < -0.39 is 0 Å². The zero-order valence-corrected chi connectivity index (χ0v) is 10.5. The maximum absolute atomic E-state index is 4.01. The summed E-state index contributed by atoms with van der Waals surface area (Å²) in [5, 5.41) is 0. The van der Waals surface area contributed by atoms with E-state index in [0.29, 0.717) is 5.92 Å². The van der Waals surface area contributed by atoms with Gasteiger partial charge in [-0.05, 0) is 17.5 Å². The fourth-order valence-electron chi connectivity index (χ4n) is 1.10. The van der Waals surface area contributed by atoms with Crippen LogP contribution in [0.3, 0.4) is 0 Å². The van der Waals surface area contributed by atoms with Crippen molar-refractivity contribution in [1.82, 2.24) is 4.98 Å². The summed E-state index contributed by atoms with van der Waals surface area (Å²) in [6, 6.07) is 16.1. The lowest BCUT2D eigenvalue weighted by Crippen LogP contribution is -1.85. The van der Waals surface area contributed by atoms with E-state index in [0.717, 1.165) is 0 Å². The monoisotopic (exact) mass is 235 g/mol. The van der Waals surface area contributed by atoms with Gasteiger partial charge in [0.15, 0.2) is 0 Å². The lowest BCUT2D eigenvalue weighted by molar-refractivity contribution is 0.858. The van der Waals surface area contributed by atoms with E-state index >= 15 is 0 Å². The van der Waals surface area contributed by atoms with Crippen molar-refractivity contribution >= 4 is 12.4 Å². The SMILES string of the molecule is CC(C)c1cccnc1.Cl.c1ccccc1. The molecule has 0 saturated carbocycles. The highest BCUT2D eigenvalue weighted by molar-refractivity contribution is 5.85. The third-order valence-electron chi connectivity index (χ3n) is 2.02. The average molecular weight is 236 g/mol. The van der Waals surface area contributed by atoms with Crippen molar-refractivity contribution in [3.05, 3.63) is 66.5 Å². The Morgan fingerprint density at radius 3 is 1.62 bits per heavy atom. The van der Waals surface area contributed by atoms with Crippen LogP contribution in [0.1, 0.15) is 25.3 Å². The second-order valence-electron chi connectivity index (χ2n) is 3.60. The molecule has 0 fully saturated rings. The van der Waals surface area contributed by atoms with Crippen molar-refractivity contribution in [2.45, 2.75) is 19.8 Å². The molecule has 0 spiro atoms. The van der Waals surface area contributed by atoms with Gasteiger partial charge >= 0.3 is 0 Å². The number of pyridine rings is 1. The molecule has 0 saturated heterocycles. The molecule has 0 aliphatic rings. The van der Waals surface area contributed by atoms with Crippen molar-refractivity contribution in [2.75, 3.05) is 0 Å². The number of aromatic nitrogens is 1. The van der Waals surface area contributed by atoms with Crippen LogP contribution < -0.4 is 0 Å². The van der Waals surface area contributed by atoms with Gasteiger partial charge in [-0.15, -0.1) is 12.4 Å². The highest BCUT2D eigenvalue weighted by atomic mass is 35.5. The van der Waals surface area contributed by atoms with Crippen LogP contribution in [0.4, 0.5) is 0 Å². The van der Waals surface area contributed by atoms with Gasteiger partial charge in [-0.2, -0.15) is 0 Å². The van der Waals surface area contributed by atoms with E-state index in [1.165, 1.54) is 5.56 Å². The predicted molar refractivity (Wildman–Crippen MR) is 72.0 cm³/mol. The molecular formula is C14H18ClN. The van der Waals surface area contributed by atoms with E-state index in [9.17, 15) is 0 Å². The molecule has 0 N–H and O–H groups in total. The minimum absolute atomic E-state index is 0. The zero-order valence-electron chi connectivity index (χ0n) is 9.71. The van der Waals surface area contributed by atoms with Crippen LogP contribution in [-0.2, 0) is 0 Å². The maximum atomic E-state index is 4.01. The van der Waals surface area contributed by atoms with Crippen LogP contribution in [0, 0.1) is 0 Å². The second kappa shape index (κ2) is 8.93. The van der Waals surface area contributed by atoms with Gasteiger partial charge in [0.25, 0.3) is 0 Å². The third-order valence-corrected chi connectivity index (χ3v) is 2.02. The van der Waals surface area contributed by atoms with Gasteiger partial charge in [-0.25, -0.2) is 0 Å². The molecule has 0 aliphatic carbocycles. The van der Waals surface area contributed by atoms with Crippen molar-refractivity contribution in [2.24, 2.45) is 0 Å². The lowest BCUT2D eigenvalue weighted by atomic mass is 10.1. The molecule has 2 rings (SSSR count). The maximum Gasteiger partial charge on any atom is 0.0302 e. The first kappa shape index (κ1) is 14.7. The second-order valence-corrected chi connectivity index (χ2v) is 3.60. The molecule has 0 unspecified atom stereocenters. The van der Waals surface area contributed by atoms with Gasteiger partial charge in [-0.3, -0.25) is 4.98 Å². The van der Waals surface area contributed by atoms with Gasteiger partial charge in [-0.1, -0.05) is 56.3 Å². The number of halogens is 1. The van der Waals surface area contributed by atoms with Gasteiger partial charge in [0.1, 0.15) is 0 Å². The Morgan fingerprint density at radius 1 is 0.875 bits per heavy atom. The fourth-order valence-corrected chi connectivity index (χ4v) is 1.10. The molecule has 1 aromatic carbocycles. The largest absolute Gasteiger partial charge is 0.264 e. The highest BCUT2D eigenvalue weighted by Crippen LogP contribution is 2.10. The van der Waals surface area contributed by atoms with Gasteiger partial charge in [0.05, 0.1) is 0 Å². The lowest BCUT2D eigenvalue weighted by Gasteiger charge is -2.00. The minimum atomic E-state index is 0. The van der Waals surface area contributed by atoms with E-state index in [1.807, 2.05) is 48.7 Å². The Morgan fingerprint density at radius 2 is 1.38 bits per heavy atom. The van der Waals surface area contributed by atoms with E-state index in [-0.39, 0.29) is 12.4 Å². The van der Waals surface area contributed by atoms with Crippen molar-refractivity contribution in [3.8, 4) is 0 Å². The molecule has 2 aromatic rings. The molecule has 1 aromatic heterocycles. The summed E-state index contributed by atoms with van der Waals surface area (Å²) >= 11 is 0. The zero-order chi connectivity index (χ0) is 10.9. The average Bonchev–Trinajstić information content (AvgIpc) is 2.33. The smallest absolute Gasteiger partial charge is 0.0302 e. The summed E-state index contributed by atoms with van der Waals surface area (Å²) in [6.45, 7) is 4.33. The first-order valence-corrected chi connectivity index (χ1v) is 5.20. The third kappa shape index (κ3) is 6.20. The van der Waals surface area contributed by atoms with Crippen LogP contribution in [0.25, 0.3) is 0 Å². The minimum Gasteiger partial charge on any atom is -0.264 e. The summed E-state index contributed by atoms with van der Waals surface area (Å²) in [4.78, 5) is 4.01. The van der Waals surface area contributed by atoms with Crippen LogP contribution in [0.2, 0.25) is 0 Å². The Kier molecular flexibility index (Phi) is 8.18. The fraction of sp³-hybridized carbons (Fsp3) is 0.214.